The van der Waals surface area contributed by atoms with E-state index in [1.54, 1.807) is 26.1 Å². The summed E-state index contributed by atoms with van der Waals surface area (Å²) in [5, 5.41) is 0. The molecule has 5 heteroatoms. The maximum Gasteiger partial charge on any atom is 0.344 e. The van der Waals surface area contributed by atoms with Crippen molar-refractivity contribution < 1.29 is 13.9 Å². The fourth-order valence-electron chi connectivity index (χ4n) is 1.65. The summed E-state index contributed by atoms with van der Waals surface area (Å²) in [5.41, 5.74) is -1.15. The molecule has 1 aliphatic rings. The SMILES string of the molecule is CCOC(=O)[C@]1(F)C[C@H]1c1nccc(C)n1. The van der Waals surface area contributed by atoms with Gasteiger partial charge in [-0.3, -0.25) is 0 Å². The van der Waals surface area contributed by atoms with Crippen molar-refractivity contribution >= 4 is 5.97 Å². The Morgan fingerprint density at radius 3 is 3.12 bits per heavy atom. The van der Waals surface area contributed by atoms with Gasteiger partial charge < -0.3 is 4.74 Å². The molecule has 0 amide bonds. The van der Waals surface area contributed by atoms with E-state index in [1.807, 2.05) is 0 Å². The smallest absolute Gasteiger partial charge is 0.344 e. The summed E-state index contributed by atoms with van der Waals surface area (Å²) >= 11 is 0. The standard InChI is InChI=1S/C11H13FN2O2/c1-3-16-10(15)11(12)6-8(11)9-13-5-4-7(2)14-9/h4-5,8H,3,6H2,1-2H3/t8-,11-/m0/s1. The van der Waals surface area contributed by atoms with Gasteiger partial charge in [-0.15, -0.1) is 0 Å². The van der Waals surface area contributed by atoms with E-state index in [2.05, 4.69) is 14.7 Å². The van der Waals surface area contributed by atoms with Gasteiger partial charge >= 0.3 is 5.97 Å². The van der Waals surface area contributed by atoms with Crippen LogP contribution in [0, 0.1) is 6.92 Å². The lowest BCUT2D eigenvalue weighted by molar-refractivity contribution is -0.151. The van der Waals surface area contributed by atoms with Crippen LogP contribution < -0.4 is 0 Å². The molecule has 1 aromatic rings. The first-order chi connectivity index (χ1) is 7.58. The summed E-state index contributed by atoms with van der Waals surface area (Å²) in [6.07, 6.45) is 1.69. The second-order valence-corrected chi connectivity index (χ2v) is 3.90. The van der Waals surface area contributed by atoms with Crippen LogP contribution in [0.3, 0.4) is 0 Å². The lowest BCUT2D eigenvalue weighted by Crippen LogP contribution is -2.22. The number of esters is 1. The molecule has 1 saturated carbocycles. The van der Waals surface area contributed by atoms with Crippen molar-refractivity contribution in [3.05, 3.63) is 23.8 Å². The molecule has 16 heavy (non-hydrogen) atoms. The van der Waals surface area contributed by atoms with E-state index in [9.17, 15) is 9.18 Å². The molecule has 86 valence electrons. The number of alkyl halides is 1. The topological polar surface area (TPSA) is 52.1 Å². The number of halogens is 1. The Bertz CT molecular complexity index is 424. The summed E-state index contributed by atoms with van der Waals surface area (Å²) in [6.45, 7) is 3.64. The van der Waals surface area contributed by atoms with E-state index >= 15 is 0 Å². The highest BCUT2D eigenvalue weighted by atomic mass is 19.1. The Labute approximate surface area is 92.9 Å². The number of aryl methyl sites for hydroxylation is 1. The lowest BCUT2D eigenvalue weighted by atomic mass is 10.2. The van der Waals surface area contributed by atoms with Gasteiger partial charge in [-0.2, -0.15) is 0 Å². The second-order valence-electron chi connectivity index (χ2n) is 3.90. The van der Waals surface area contributed by atoms with Crippen molar-refractivity contribution in [2.75, 3.05) is 6.61 Å². The van der Waals surface area contributed by atoms with Crippen LogP contribution in [0.1, 0.15) is 30.8 Å². The number of aromatic nitrogens is 2. The first-order valence-electron chi connectivity index (χ1n) is 5.23. The zero-order chi connectivity index (χ0) is 11.8. The van der Waals surface area contributed by atoms with Crippen LogP contribution in [0.25, 0.3) is 0 Å². The summed E-state index contributed by atoms with van der Waals surface area (Å²) < 4.78 is 18.7. The molecule has 1 aromatic heterocycles. The van der Waals surface area contributed by atoms with Gasteiger partial charge in [-0.05, 0) is 19.9 Å². The van der Waals surface area contributed by atoms with Crippen LogP contribution in [0.2, 0.25) is 0 Å². The van der Waals surface area contributed by atoms with Gasteiger partial charge in [-0.25, -0.2) is 19.2 Å². The van der Waals surface area contributed by atoms with Crippen LogP contribution in [0.4, 0.5) is 4.39 Å². The quantitative estimate of drug-likeness (QED) is 0.731. The molecule has 4 nitrogen and oxygen atoms in total. The van der Waals surface area contributed by atoms with Crippen molar-refractivity contribution in [1.82, 2.24) is 9.97 Å². The Morgan fingerprint density at radius 1 is 1.75 bits per heavy atom. The predicted molar refractivity (Wildman–Crippen MR) is 54.6 cm³/mol. The van der Waals surface area contributed by atoms with Crippen LogP contribution in [0.15, 0.2) is 12.3 Å². The first kappa shape index (κ1) is 11.0. The molecular weight excluding hydrogens is 211 g/mol. The molecule has 2 rings (SSSR count). The van der Waals surface area contributed by atoms with Gasteiger partial charge in [0.15, 0.2) is 0 Å². The van der Waals surface area contributed by atoms with Crippen molar-refractivity contribution in [3.63, 3.8) is 0 Å². The Hall–Kier alpha value is -1.52. The van der Waals surface area contributed by atoms with Crippen molar-refractivity contribution in [1.29, 1.82) is 0 Å². The highest BCUT2D eigenvalue weighted by molar-refractivity contribution is 5.85. The Kier molecular flexibility index (Phi) is 2.61. The molecule has 2 atom stereocenters. The van der Waals surface area contributed by atoms with E-state index in [0.29, 0.717) is 5.82 Å². The van der Waals surface area contributed by atoms with E-state index in [4.69, 9.17) is 0 Å². The minimum absolute atomic E-state index is 0.120. The fraction of sp³-hybridized carbons (Fsp3) is 0.545. The summed E-state index contributed by atoms with van der Waals surface area (Å²) in [4.78, 5) is 19.4. The summed E-state index contributed by atoms with van der Waals surface area (Å²) in [6, 6.07) is 1.73. The fourth-order valence-corrected chi connectivity index (χ4v) is 1.65. The largest absolute Gasteiger partial charge is 0.464 e. The highest BCUT2D eigenvalue weighted by Gasteiger charge is 2.65. The molecular formula is C11H13FN2O2. The Balaban J connectivity index is 2.13. The number of hydrogen-bond donors (Lipinski definition) is 0. The number of carbonyl (C=O) groups is 1. The van der Waals surface area contributed by atoms with Crippen LogP contribution >= 0.6 is 0 Å². The van der Waals surface area contributed by atoms with E-state index in [1.165, 1.54) is 0 Å². The van der Waals surface area contributed by atoms with Crippen molar-refractivity contribution in [3.8, 4) is 0 Å². The molecule has 0 aromatic carbocycles. The maximum atomic E-state index is 14.0. The lowest BCUT2D eigenvalue weighted by Gasteiger charge is -2.06. The third-order valence-corrected chi connectivity index (χ3v) is 2.63. The molecule has 1 heterocycles. The van der Waals surface area contributed by atoms with Gasteiger partial charge in [0.25, 0.3) is 0 Å². The number of hydrogen-bond acceptors (Lipinski definition) is 4. The second kappa shape index (κ2) is 3.81. The molecule has 1 fully saturated rings. The number of carbonyl (C=O) groups excluding carboxylic acids is 1. The van der Waals surface area contributed by atoms with Gasteiger partial charge in [0.1, 0.15) is 5.82 Å². The Morgan fingerprint density at radius 2 is 2.50 bits per heavy atom. The van der Waals surface area contributed by atoms with Gasteiger partial charge in [0.05, 0.1) is 12.5 Å². The minimum Gasteiger partial charge on any atom is -0.464 e. The molecule has 0 N–H and O–H groups in total. The first-order valence-corrected chi connectivity index (χ1v) is 5.23. The zero-order valence-corrected chi connectivity index (χ0v) is 9.24. The summed E-state index contributed by atoms with van der Waals surface area (Å²) in [7, 11) is 0. The molecule has 0 radical (unpaired) electrons. The zero-order valence-electron chi connectivity index (χ0n) is 9.24. The van der Waals surface area contributed by atoms with Crippen LogP contribution in [0.5, 0.6) is 0 Å². The van der Waals surface area contributed by atoms with Gasteiger partial charge in [0, 0.05) is 18.3 Å². The molecule has 0 spiro atoms. The van der Waals surface area contributed by atoms with Gasteiger partial charge in [-0.1, -0.05) is 0 Å². The van der Waals surface area contributed by atoms with E-state index in [0.717, 1.165) is 5.69 Å². The van der Waals surface area contributed by atoms with Gasteiger partial charge in [0.2, 0.25) is 5.67 Å². The van der Waals surface area contributed by atoms with Crippen LogP contribution in [-0.4, -0.2) is 28.2 Å². The molecule has 1 aliphatic carbocycles. The summed E-state index contributed by atoms with van der Waals surface area (Å²) in [5.74, 6) is -0.966. The van der Waals surface area contributed by atoms with E-state index in [-0.39, 0.29) is 13.0 Å². The molecule has 0 aliphatic heterocycles. The highest BCUT2D eigenvalue weighted by Crippen LogP contribution is 2.54. The average molecular weight is 224 g/mol. The number of nitrogens with zero attached hydrogens (tertiary/aromatic N) is 2. The molecule has 0 saturated heterocycles. The average Bonchev–Trinajstić information content (AvgIpc) is 2.93. The van der Waals surface area contributed by atoms with Crippen molar-refractivity contribution in [2.24, 2.45) is 0 Å². The third-order valence-electron chi connectivity index (χ3n) is 2.63. The molecule has 0 bridgehead atoms. The maximum absolute atomic E-state index is 14.0. The number of rotatable bonds is 3. The number of ether oxygens (including phenoxy) is 1. The third kappa shape index (κ3) is 1.77. The normalized spacial score (nSPS) is 27.6. The predicted octanol–water partition coefficient (Wildman–Crippen LogP) is 1.54. The van der Waals surface area contributed by atoms with Crippen molar-refractivity contribution in [2.45, 2.75) is 31.9 Å². The van der Waals surface area contributed by atoms with Crippen LogP contribution in [-0.2, 0) is 9.53 Å². The minimum atomic E-state index is -1.91. The molecule has 0 unspecified atom stereocenters. The van der Waals surface area contributed by atoms with E-state index < -0.39 is 17.6 Å². The monoisotopic (exact) mass is 224 g/mol.